The molecule has 1 amide bonds. The van der Waals surface area contributed by atoms with E-state index in [4.69, 9.17) is 9.26 Å². The van der Waals surface area contributed by atoms with Crippen LogP contribution in [0.3, 0.4) is 0 Å². The fourth-order valence-electron chi connectivity index (χ4n) is 4.01. The number of carbonyl (C=O) groups excluding carboxylic acids is 1. The van der Waals surface area contributed by atoms with Gasteiger partial charge < -0.3 is 14.2 Å². The Morgan fingerprint density at radius 2 is 2.00 bits per heavy atom. The third-order valence-electron chi connectivity index (χ3n) is 5.82. The zero-order valence-electron chi connectivity index (χ0n) is 17.2. The number of thioether (sulfide) groups is 1. The third-order valence-corrected chi connectivity index (χ3v) is 6.92. The van der Waals surface area contributed by atoms with E-state index in [-0.39, 0.29) is 5.91 Å². The maximum Gasteiger partial charge on any atom is 0.255 e. The summed E-state index contributed by atoms with van der Waals surface area (Å²) >= 11 is 1.67. The van der Waals surface area contributed by atoms with Crippen LogP contribution >= 0.6 is 11.8 Å². The summed E-state index contributed by atoms with van der Waals surface area (Å²) in [6, 6.07) is 7.91. The lowest BCUT2D eigenvalue weighted by Crippen LogP contribution is -2.50. The monoisotopic (exact) mass is 415 g/mol. The van der Waals surface area contributed by atoms with Crippen LogP contribution in [0.4, 0.5) is 0 Å². The Morgan fingerprint density at radius 1 is 1.21 bits per heavy atom. The predicted octanol–water partition coefficient (Wildman–Crippen LogP) is 3.52. The van der Waals surface area contributed by atoms with Crippen LogP contribution in [0.5, 0.6) is 0 Å². The fourth-order valence-corrected chi connectivity index (χ4v) is 5.20. The molecular weight excluding hydrogens is 386 g/mol. The van der Waals surface area contributed by atoms with Gasteiger partial charge >= 0.3 is 0 Å². The zero-order chi connectivity index (χ0) is 20.2. The second-order valence-electron chi connectivity index (χ2n) is 7.82. The van der Waals surface area contributed by atoms with E-state index in [2.05, 4.69) is 10.1 Å². The number of carbonyl (C=O) groups is 1. The SMILES string of the molecule is Cc1noc(C)c1CSc1ccccc1C(=O)N1CCN(C[C@@H]2CCCO2)CC1. The fraction of sp³-hybridized carbons (Fsp3) is 0.545. The van der Waals surface area contributed by atoms with Crippen molar-refractivity contribution in [3.05, 3.63) is 46.8 Å². The molecule has 2 saturated heterocycles. The largest absolute Gasteiger partial charge is 0.377 e. The topological polar surface area (TPSA) is 58.8 Å². The van der Waals surface area contributed by atoms with Crippen molar-refractivity contribution in [2.45, 2.75) is 43.4 Å². The lowest BCUT2D eigenvalue weighted by Gasteiger charge is -2.36. The van der Waals surface area contributed by atoms with Crippen LogP contribution in [0.1, 0.15) is 40.2 Å². The van der Waals surface area contributed by atoms with Crippen molar-refractivity contribution in [2.24, 2.45) is 0 Å². The molecule has 0 bridgehead atoms. The highest BCUT2D eigenvalue weighted by molar-refractivity contribution is 7.98. The molecule has 0 spiro atoms. The van der Waals surface area contributed by atoms with Crippen LogP contribution in [0.2, 0.25) is 0 Å². The Morgan fingerprint density at radius 3 is 2.69 bits per heavy atom. The molecule has 2 aliphatic heterocycles. The van der Waals surface area contributed by atoms with Crippen molar-refractivity contribution in [2.75, 3.05) is 39.3 Å². The first-order valence-electron chi connectivity index (χ1n) is 10.4. The summed E-state index contributed by atoms with van der Waals surface area (Å²) in [5.74, 6) is 1.73. The number of nitrogens with zero attached hydrogens (tertiary/aromatic N) is 3. The first-order valence-corrected chi connectivity index (χ1v) is 11.4. The molecule has 29 heavy (non-hydrogen) atoms. The van der Waals surface area contributed by atoms with Gasteiger partial charge in [0.15, 0.2) is 0 Å². The minimum atomic E-state index is 0.128. The molecule has 0 unspecified atom stereocenters. The molecule has 6 nitrogen and oxygen atoms in total. The molecule has 2 aliphatic rings. The Kier molecular flexibility index (Phi) is 6.57. The highest BCUT2D eigenvalue weighted by Gasteiger charge is 2.26. The lowest BCUT2D eigenvalue weighted by molar-refractivity contribution is 0.0431. The standard InChI is InChI=1S/C22H29N3O3S/c1-16-20(17(2)28-23-16)15-29-21-8-4-3-7-19(21)22(26)25-11-9-24(10-12-25)14-18-6-5-13-27-18/h3-4,7-8,18H,5-6,9-15H2,1-2H3/t18-/m0/s1. The molecule has 7 heteroatoms. The van der Waals surface area contributed by atoms with E-state index < -0.39 is 0 Å². The Bertz CT molecular complexity index is 820. The van der Waals surface area contributed by atoms with E-state index in [1.165, 1.54) is 6.42 Å². The maximum absolute atomic E-state index is 13.2. The number of hydrogen-bond donors (Lipinski definition) is 0. The van der Waals surface area contributed by atoms with Gasteiger partial charge in [-0.3, -0.25) is 9.69 Å². The maximum atomic E-state index is 13.2. The molecule has 0 N–H and O–H groups in total. The second kappa shape index (κ2) is 9.32. The van der Waals surface area contributed by atoms with E-state index >= 15 is 0 Å². The Labute approximate surface area is 176 Å². The number of benzene rings is 1. The Hall–Kier alpha value is -1.83. The molecule has 4 rings (SSSR count). The van der Waals surface area contributed by atoms with Gasteiger partial charge in [-0.1, -0.05) is 17.3 Å². The van der Waals surface area contributed by atoms with Gasteiger partial charge in [0.05, 0.1) is 17.4 Å². The smallest absolute Gasteiger partial charge is 0.255 e. The Balaban J connectivity index is 1.36. The van der Waals surface area contributed by atoms with Gasteiger partial charge in [-0.05, 0) is 38.8 Å². The third kappa shape index (κ3) is 4.85. The van der Waals surface area contributed by atoms with Gasteiger partial charge in [0, 0.05) is 55.5 Å². The summed E-state index contributed by atoms with van der Waals surface area (Å²) in [5.41, 5.74) is 2.82. The van der Waals surface area contributed by atoms with Crippen LogP contribution < -0.4 is 0 Å². The van der Waals surface area contributed by atoms with Crippen molar-refractivity contribution in [3.63, 3.8) is 0 Å². The zero-order valence-corrected chi connectivity index (χ0v) is 18.0. The van der Waals surface area contributed by atoms with Crippen LogP contribution in [-0.2, 0) is 10.5 Å². The highest BCUT2D eigenvalue weighted by Crippen LogP contribution is 2.29. The molecule has 1 atom stereocenters. The van der Waals surface area contributed by atoms with Gasteiger partial charge in [0.25, 0.3) is 5.91 Å². The van der Waals surface area contributed by atoms with Crippen molar-refractivity contribution < 1.29 is 14.1 Å². The minimum absolute atomic E-state index is 0.128. The van der Waals surface area contributed by atoms with Crippen molar-refractivity contribution in [1.29, 1.82) is 0 Å². The molecule has 3 heterocycles. The van der Waals surface area contributed by atoms with Gasteiger partial charge in [0.1, 0.15) is 5.76 Å². The van der Waals surface area contributed by atoms with E-state index in [9.17, 15) is 4.79 Å². The first kappa shape index (κ1) is 20.4. The quantitative estimate of drug-likeness (QED) is 0.673. The summed E-state index contributed by atoms with van der Waals surface area (Å²) in [6.45, 7) is 9.16. The molecule has 1 aromatic carbocycles. The van der Waals surface area contributed by atoms with Gasteiger partial charge in [-0.2, -0.15) is 0 Å². The summed E-state index contributed by atoms with van der Waals surface area (Å²) in [5, 5.41) is 4.03. The number of aryl methyl sites for hydroxylation is 2. The summed E-state index contributed by atoms with van der Waals surface area (Å²) in [4.78, 5) is 18.6. The van der Waals surface area contributed by atoms with E-state index in [1.54, 1.807) is 11.8 Å². The molecule has 156 valence electrons. The average molecular weight is 416 g/mol. The van der Waals surface area contributed by atoms with Gasteiger partial charge in [-0.15, -0.1) is 11.8 Å². The van der Waals surface area contributed by atoms with Crippen molar-refractivity contribution in [1.82, 2.24) is 15.0 Å². The van der Waals surface area contributed by atoms with Crippen LogP contribution in [-0.4, -0.2) is 66.3 Å². The summed E-state index contributed by atoms with van der Waals surface area (Å²) < 4.78 is 11.0. The van der Waals surface area contributed by atoms with Crippen LogP contribution in [0.15, 0.2) is 33.7 Å². The number of amides is 1. The molecule has 0 saturated carbocycles. The van der Waals surface area contributed by atoms with E-state index in [0.29, 0.717) is 6.10 Å². The molecule has 2 aromatic rings. The normalized spacial score (nSPS) is 20.3. The minimum Gasteiger partial charge on any atom is -0.377 e. The number of hydrogen-bond acceptors (Lipinski definition) is 6. The van der Waals surface area contributed by atoms with Crippen LogP contribution in [0, 0.1) is 13.8 Å². The number of rotatable bonds is 6. The second-order valence-corrected chi connectivity index (χ2v) is 8.83. The van der Waals surface area contributed by atoms with Crippen molar-refractivity contribution in [3.8, 4) is 0 Å². The first-order chi connectivity index (χ1) is 14.1. The van der Waals surface area contributed by atoms with Crippen LogP contribution in [0.25, 0.3) is 0 Å². The van der Waals surface area contributed by atoms with Gasteiger partial charge in [0.2, 0.25) is 0 Å². The molecule has 0 radical (unpaired) electrons. The number of aromatic nitrogens is 1. The predicted molar refractivity (Wildman–Crippen MR) is 113 cm³/mol. The average Bonchev–Trinajstić information content (AvgIpc) is 3.36. The number of ether oxygens (including phenoxy) is 1. The summed E-state index contributed by atoms with van der Waals surface area (Å²) in [6.07, 6.45) is 2.71. The van der Waals surface area contributed by atoms with Crippen molar-refractivity contribution >= 4 is 17.7 Å². The van der Waals surface area contributed by atoms with Gasteiger partial charge in [-0.25, -0.2) is 0 Å². The van der Waals surface area contributed by atoms with E-state index in [1.807, 2.05) is 43.0 Å². The lowest BCUT2D eigenvalue weighted by atomic mass is 10.1. The molecular formula is C22H29N3O3S. The number of piperazine rings is 1. The highest BCUT2D eigenvalue weighted by atomic mass is 32.2. The summed E-state index contributed by atoms with van der Waals surface area (Å²) in [7, 11) is 0. The molecule has 2 fully saturated rings. The van der Waals surface area contributed by atoms with E-state index in [0.717, 1.165) is 79.0 Å². The molecule has 0 aliphatic carbocycles. The molecule has 1 aromatic heterocycles.